The number of benzene rings is 3. The predicted octanol–water partition coefficient (Wildman–Crippen LogP) is 4.34. The summed E-state index contributed by atoms with van der Waals surface area (Å²) < 4.78 is 4.72. The lowest BCUT2D eigenvalue weighted by Crippen LogP contribution is -2.46. The number of rotatable bonds is 12. The number of esters is 1. The van der Waals surface area contributed by atoms with E-state index in [4.69, 9.17) is 4.74 Å². The Morgan fingerprint density at radius 1 is 1.04 bits per heavy atom. The van der Waals surface area contributed by atoms with Crippen LogP contribution in [-0.2, 0) is 37.7 Å². The van der Waals surface area contributed by atoms with Crippen molar-refractivity contribution >= 4 is 35.1 Å². The van der Waals surface area contributed by atoms with Gasteiger partial charge in [0.1, 0.15) is 0 Å². The van der Waals surface area contributed by atoms with E-state index < -0.39 is 17.4 Å². The molecule has 2 heterocycles. The van der Waals surface area contributed by atoms with Crippen LogP contribution in [0.3, 0.4) is 0 Å². The van der Waals surface area contributed by atoms with E-state index in [0.717, 1.165) is 11.1 Å². The fraction of sp³-hybridized carbons (Fsp3) is 0.351. The van der Waals surface area contributed by atoms with Crippen molar-refractivity contribution in [3.63, 3.8) is 0 Å². The van der Waals surface area contributed by atoms with E-state index in [-0.39, 0.29) is 49.8 Å². The molecule has 47 heavy (non-hydrogen) atoms. The Balaban J connectivity index is 1.35. The molecule has 0 saturated carbocycles. The number of ether oxygens (including phenoxy) is 1. The van der Waals surface area contributed by atoms with Crippen molar-refractivity contribution in [1.82, 2.24) is 4.90 Å². The highest BCUT2D eigenvalue weighted by Gasteiger charge is 2.52. The number of fused-ring (bicyclic) bond motifs is 2. The smallest absolute Gasteiger partial charge is 0.305 e. The number of unbranched alkanes of at least 4 members (excludes halogenated alkanes) is 1. The SMILES string of the molecule is COC(=O)CCCCN1C(=O)[C@@](O)([C@@H](C)/C=C/CC(=O)N2Cc3ccccc3C[C@H]2CO)c2cc(NC(=O)c3ccccc3)ccc21. The summed E-state index contributed by atoms with van der Waals surface area (Å²) in [5.41, 5.74) is 1.95. The van der Waals surface area contributed by atoms with Crippen LogP contribution in [0.25, 0.3) is 0 Å². The van der Waals surface area contributed by atoms with Gasteiger partial charge < -0.3 is 30.1 Å². The van der Waals surface area contributed by atoms with E-state index in [2.05, 4.69) is 5.32 Å². The van der Waals surface area contributed by atoms with Gasteiger partial charge in [0.05, 0.1) is 25.4 Å². The molecule has 0 aromatic heterocycles. The molecule has 10 nitrogen and oxygen atoms in total. The maximum atomic E-state index is 14.0. The Morgan fingerprint density at radius 2 is 1.77 bits per heavy atom. The molecule has 0 saturated heterocycles. The maximum absolute atomic E-state index is 14.0. The molecule has 0 fully saturated rings. The maximum Gasteiger partial charge on any atom is 0.305 e. The monoisotopic (exact) mass is 639 g/mol. The Morgan fingerprint density at radius 3 is 2.49 bits per heavy atom. The second kappa shape index (κ2) is 14.7. The zero-order chi connectivity index (χ0) is 33.6. The molecule has 2 aliphatic heterocycles. The number of carbonyl (C=O) groups is 4. The first-order chi connectivity index (χ1) is 22.7. The average Bonchev–Trinajstić information content (AvgIpc) is 3.31. The van der Waals surface area contributed by atoms with Crippen molar-refractivity contribution in [2.45, 2.75) is 57.2 Å². The molecule has 5 rings (SSSR count). The van der Waals surface area contributed by atoms with E-state index in [1.54, 1.807) is 66.4 Å². The summed E-state index contributed by atoms with van der Waals surface area (Å²) in [6.45, 7) is 2.24. The van der Waals surface area contributed by atoms with Crippen LogP contribution >= 0.6 is 0 Å². The number of anilines is 2. The average molecular weight is 640 g/mol. The first-order valence-electron chi connectivity index (χ1n) is 15.9. The van der Waals surface area contributed by atoms with Crippen LogP contribution in [-0.4, -0.2) is 65.1 Å². The summed E-state index contributed by atoms with van der Waals surface area (Å²) >= 11 is 0. The van der Waals surface area contributed by atoms with E-state index in [0.29, 0.717) is 48.3 Å². The van der Waals surface area contributed by atoms with E-state index in [1.165, 1.54) is 12.0 Å². The standard InChI is InChI=1S/C37H41N3O7/c1-25(11-10-16-33(42)40-23-28-15-7-6-14-27(28)21-30(40)24-41)37(46)31-22-29(38-35(44)26-12-4-3-5-13-26)18-19-32(31)39(36(37)45)20-9-8-17-34(43)47-2/h3-7,10-15,18-19,22,25,30,41,46H,8-9,16-17,20-21,23-24H2,1-2H3,(H,38,44)/b11-10+/t25-,30-,37+/m0/s1. The van der Waals surface area contributed by atoms with Crippen molar-refractivity contribution in [1.29, 1.82) is 0 Å². The lowest BCUT2D eigenvalue weighted by molar-refractivity contribution is -0.140. The number of aliphatic hydroxyl groups is 2. The van der Waals surface area contributed by atoms with E-state index in [9.17, 15) is 29.4 Å². The second-order valence-corrected chi connectivity index (χ2v) is 12.1. The Hall–Kier alpha value is -4.80. The predicted molar refractivity (Wildman–Crippen MR) is 177 cm³/mol. The number of methoxy groups -OCH3 is 1. The number of amides is 3. The molecule has 0 aliphatic carbocycles. The van der Waals surface area contributed by atoms with Gasteiger partial charge in [-0.15, -0.1) is 0 Å². The fourth-order valence-electron chi connectivity index (χ4n) is 6.35. The van der Waals surface area contributed by atoms with Crippen LogP contribution in [0, 0.1) is 5.92 Å². The minimum Gasteiger partial charge on any atom is -0.469 e. The number of aliphatic hydroxyl groups excluding tert-OH is 1. The topological polar surface area (TPSA) is 136 Å². The quantitative estimate of drug-likeness (QED) is 0.152. The van der Waals surface area contributed by atoms with Crippen LogP contribution < -0.4 is 10.2 Å². The van der Waals surface area contributed by atoms with Gasteiger partial charge in [0.15, 0.2) is 5.60 Å². The van der Waals surface area contributed by atoms with E-state index in [1.807, 2.05) is 30.3 Å². The van der Waals surface area contributed by atoms with Crippen molar-refractivity contribution in [2.24, 2.45) is 5.92 Å². The van der Waals surface area contributed by atoms with Gasteiger partial charge in [-0.25, -0.2) is 0 Å². The Kier molecular flexibility index (Phi) is 10.5. The molecule has 3 aromatic rings. The first kappa shape index (κ1) is 33.6. The van der Waals surface area contributed by atoms with Gasteiger partial charge in [0.25, 0.3) is 11.8 Å². The number of nitrogens with zero attached hydrogens (tertiary/aromatic N) is 2. The first-order valence-corrected chi connectivity index (χ1v) is 15.9. The zero-order valence-corrected chi connectivity index (χ0v) is 26.7. The molecular weight excluding hydrogens is 598 g/mol. The Labute approximate surface area is 274 Å². The Bertz CT molecular complexity index is 1660. The van der Waals surface area contributed by atoms with Crippen LogP contribution in [0.1, 0.15) is 59.7 Å². The van der Waals surface area contributed by atoms with E-state index >= 15 is 0 Å². The highest BCUT2D eigenvalue weighted by Crippen LogP contribution is 2.46. The van der Waals surface area contributed by atoms with Crippen molar-refractivity contribution in [2.75, 3.05) is 30.5 Å². The van der Waals surface area contributed by atoms with Gasteiger partial charge >= 0.3 is 5.97 Å². The lowest BCUT2D eigenvalue weighted by atomic mass is 9.82. The van der Waals surface area contributed by atoms with Crippen LogP contribution in [0.15, 0.2) is 84.9 Å². The summed E-state index contributed by atoms with van der Waals surface area (Å²) in [5, 5.41) is 25.0. The van der Waals surface area contributed by atoms with Gasteiger partial charge in [0.2, 0.25) is 5.91 Å². The van der Waals surface area contributed by atoms with Gasteiger partial charge in [-0.1, -0.05) is 61.5 Å². The molecule has 3 aromatic carbocycles. The molecule has 246 valence electrons. The van der Waals surface area contributed by atoms with Crippen molar-refractivity contribution in [3.05, 3.63) is 107 Å². The van der Waals surface area contributed by atoms with Gasteiger partial charge in [0, 0.05) is 48.7 Å². The third kappa shape index (κ3) is 7.13. The molecule has 0 bridgehead atoms. The third-order valence-electron chi connectivity index (χ3n) is 9.07. The summed E-state index contributed by atoms with van der Waals surface area (Å²) in [6, 6.07) is 21.3. The minimum atomic E-state index is -1.97. The van der Waals surface area contributed by atoms with Crippen LogP contribution in [0.2, 0.25) is 0 Å². The number of carbonyl (C=O) groups excluding carboxylic acids is 4. The lowest BCUT2D eigenvalue weighted by Gasteiger charge is -2.36. The molecule has 0 spiro atoms. The zero-order valence-electron chi connectivity index (χ0n) is 26.7. The van der Waals surface area contributed by atoms with Gasteiger partial charge in [-0.2, -0.15) is 0 Å². The normalized spacial score (nSPS) is 19.3. The number of hydrogen-bond donors (Lipinski definition) is 3. The molecule has 10 heteroatoms. The summed E-state index contributed by atoms with van der Waals surface area (Å²) in [5.74, 6) is -2.08. The fourth-order valence-corrected chi connectivity index (χ4v) is 6.35. The summed E-state index contributed by atoms with van der Waals surface area (Å²) in [7, 11) is 1.33. The van der Waals surface area contributed by atoms with Crippen LogP contribution in [0.4, 0.5) is 11.4 Å². The highest BCUT2D eigenvalue weighted by atomic mass is 16.5. The molecular formula is C37H41N3O7. The minimum absolute atomic E-state index is 0.0323. The highest BCUT2D eigenvalue weighted by molar-refractivity contribution is 6.09. The molecule has 2 aliphatic rings. The van der Waals surface area contributed by atoms with Gasteiger partial charge in [-0.3, -0.25) is 19.2 Å². The molecule has 3 amide bonds. The largest absolute Gasteiger partial charge is 0.469 e. The molecule has 3 atom stereocenters. The second-order valence-electron chi connectivity index (χ2n) is 12.1. The third-order valence-corrected chi connectivity index (χ3v) is 9.07. The number of hydrogen-bond acceptors (Lipinski definition) is 7. The molecule has 0 radical (unpaired) electrons. The summed E-state index contributed by atoms with van der Waals surface area (Å²) in [4.78, 5) is 55.0. The van der Waals surface area contributed by atoms with Crippen molar-refractivity contribution < 1.29 is 34.1 Å². The van der Waals surface area contributed by atoms with Crippen molar-refractivity contribution in [3.8, 4) is 0 Å². The van der Waals surface area contributed by atoms with Gasteiger partial charge in [-0.05, 0) is 60.7 Å². The van der Waals surface area contributed by atoms with Crippen LogP contribution in [0.5, 0.6) is 0 Å². The number of nitrogens with one attached hydrogen (secondary N) is 1. The summed E-state index contributed by atoms with van der Waals surface area (Å²) in [6.07, 6.45) is 5.16. The molecule has 0 unspecified atom stereocenters. The molecule has 3 N–H and O–H groups in total.